The molecule has 2 unspecified atom stereocenters. The lowest BCUT2D eigenvalue weighted by Crippen LogP contribution is -2.30. The van der Waals surface area contributed by atoms with Crippen LogP contribution in [0.1, 0.15) is 99.8 Å². The van der Waals surface area contributed by atoms with Crippen molar-refractivity contribution in [1.29, 1.82) is 0 Å². The molecule has 0 fully saturated rings. The van der Waals surface area contributed by atoms with Crippen LogP contribution in [0.25, 0.3) is 0 Å². The maximum atomic E-state index is 5.12. The van der Waals surface area contributed by atoms with E-state index in [0.717, 1.165) is 14.0 Å². The molecule has 0 saturated carbocycles. The topological polar surface area (TPSA) is 12.4 Å². The Balaban J connectivity index is 2.63. The average Bonchev–Trinajstić information content (AvgIpc) is 2.62. The molecule has 2 aromatic rings. The molecule has 3 heteroatoms. The SMILES string of the molecule is CC(C)(C)C(=Nc1ccccc1)PPc1c(C(C)(C)C)cc(C(C)(C)C)cc1C(C)(C)C. The molecule has 0 aliphatic carbocycles. The van der Waals surface area contributed by atoms with Crippen LogP contribution in [0.5, 0.6) is 0 Å². The molecular weight excluding hydrogens is 424 g/mol. The molecule has 2 rings (SSSR count). The number of hydrogen-bond donors (Lipinski definition) is 0. The third kappa shape index (κ3) is 7.23. The summed E-state index contributed by atoms with van der Waals surface area (Å²) in [6.07, 6.45) is 0. The molecule has 0 saturated heterocycles. The molecule has 32 heavy (non-hydrogen) atoms. The lowest BCUT2D eigenvalue weighted by atomic mass is 9.75. The summed E-state index contributed by atoms with van der Waals surface area (Å²) >= 11 is 0. The van der Waals surface area contributed by atoms with Gasteiger partial charge in [0.1, 0.15) is 0 Å². The summed E-state index contributed by atoms with van der Waals surface area (Å²) in [5.74, 6) is 0. The summed E-state index contributed by atoms with van der Waals surface area (Å²) in [6.45, 7) is 28.0. The third-order valence-electron chi connectivity index (χ3n) is 5.63. The van der Waals surface area contributed by atoms with E-state index in [9.17, 15) is 0 Å². The normalized spacial score (nSPS) is 14.8. The van der Waals surface area contributed by atoms with Crippen molar-refractivity contribution in [3.8, 4) is 0 Å². The van der Waals surface area contributed by atoms with Crippen LogP contribution in [0.2, 0.25) is 0 Å². The molecule has 0 N–H and O–H groups in total. The van der Waals surface area contributed by atoms with Gasteiger partial charge in [-0.3, -0.25) is 4.99 Å². The summed E-state index contributed by atoms with van der Waals surface area (Å²) in [6, 6.07) is 15.4. The van der Waals surface area contributed by atoms with Crippen molar-refractivity contribution in [1.82, 2.24) is 0 Å². The van der Waals surface area contributed by atoms with E-state index in [1.807, 2.05) is 0 Å². The number of para-hydroxylation sites is 1. The Labute approximate surface area is 201 Å². The summed E-state index contributed by atoms with van der Waals surface area (Å²) in [7, 11) is 1.42. The molecule has 0 heterocycles. The fourth-order valence-corrected chi connectivity index (χ4v) is 8.33. The van der Waals surface area contributed by atoms with Crippen LogP contribution >= 0.6 is 16.5 Å². The van der Waals surface area contributed by atoms with E-state index in [0.29, 0.717) is 8.27 Å². The first-order chi connectivity index (χ1) is 14.4. The van der Waals surface area contributed by atoms with Gasteiger partial charge in [0.05, 0.1) is 5.69 Å². The zero-order chi connectivity index (χ0) is 24.5. The van der Waals surface area contributed by atoms with Crippen LogP contribution in [0, 0.1) is 5.41 Å². The van der Waals surface area contributed by atoms with Crippen LogP contribution in [0.4, 0.5) is 5.69 Å². The van der Waals surface area contributed by atoms with Crippen molar-refractivity contribution in [3.05, 3.63) is 59.2 Å². The second kappa shape index (κ2) is 9.68. The van der Waals surface area contributed by atoms with Gasteiger partial charge in [-0.25, -0.2) is 0 Å². The fraction of sp³-hybridized carbons (Fsp3) is 0.552. The molecule has 2 aromatic carbocycles. The summed E-state index contributed by atoms with van der Waals surface area (Å²) in [5.41, 5.74) is 7.22. The van der Waals surface area contributed by atoms with Gasteiger partial charge in [-0.1, -0.05) is 122 Å². The predicted octanol–water partition coefficient (Wildman–Crippen LogP) is 9.25. The van der Waals surface area contributed by atoms with Crippen LogP contribution in [0.15, 0.2) is 47.5 Å². The van der Waals surface area contributed by atoms with E-state index in [1.54, 1.807) is 5.30 Å². The molecule has 0 aromatic heterocycles. The summed E-state index contributed by atoms with van der Waals surface area (Å²) < 4.78 is 0. The van der Waals surface area contributed by atoms with Gasteiger partial charge < -0.3 is 0 Å². The maximum Gasteiger partial charge on any atom is 0.0633 e. The molecule has 2 atom stereocenters. The van der Waals surface area contributed by atoms with Crippen molar-refractivity contribution in [2.24, 2.45) is 10.4 Å². The second-order valence-corrected chi connectivity index (χ2v) is 16.0. The Morgan fingerprint density at radius 2 is 1.12 bits per heavy atom. The van der Waals surface area contributed by atoms with Gasteiger partial charge in [0.25, 0.3) is 0 Å². The Hall–Kier alpha value is -1.03. The molecule has 0 aliphatic rings. The Morgan fingerprint density at radius 3 is 1.50 bits per heavy atom. The van der Waals surface area contributed by atoms with E-state index >= 15 is 0 Å². The summed E-state index contributed by atoms with van der Waals surface area (Å²) in [4.78, 5) is 5.12. The molecule has 0 radical (unpaired) electrons. The van der Waals surface area contributed by atoms with E-state index in [1.165, 1.54) is 22.1 Å². The quantitative estimate of drug-likeness (QED) is 0.312. The van der Waals surface area contributed by atoms with Gasteiger partial charge in [0.15, 0.2) is 0 Å². The minimum absolute atomic E-state index is 0.0520. The minimum Gasteiger partial charge on any atom is -0.252 e. The van der Waals surface area contributed by atoms with Gasteiger partial charge >= 0.3 is 0 Å². The largest absolute Gasteiger partial charge is 0.252 e. The Bertz CT molecular complexity index is 909. The molecule has 0 amide bonds. The van der Waals surface area contributed by atoms with Gasteiger partial charge in [-0.15, -0.1) is 0 Å². The van der Waals surface area contributed by atoms with Gasteiger partial charge in [0, 0.05) is 10.9 Å². The standard InChI is InChI=1S/C29H45NP2/c1-26(2,3)20-18-22(27(4,5)6)24(23(19-20)28(7,8)9)31-32-25(29(10,11)12)30-21-16-14-13-15-17-21/h13-19,31-32H,1-12H3. The van der Waals surface area contributed by atoms with Crippen LogP contribution in [0.3, 0.4) is 0 Å². The number of hydrogen-bond acceptors (Lipinski definition) is 1. The van der Waals surface area contributed by atoms with Crippen molar-refractivity contribution < 1.29 is 0 Å². The van der Waals surface area contributed by atoms with E-state index in [4.69, 9.17) is 4.99 Å². The van der Waals surface area contributed by atoms with Crippen LogP contribution < -0.4 is 5.30 Å². The van der Waals surface area contributed by atoms with E-state index < -0.39 is 0 Å². The highest BCUT2D eigenvalue weighted by atomic mass is 32.0. The molecule has 0 spiro atoms. The zero-order valence-corrected chi connectivity index (χ0v) is 24.5. The Kier molecular flexibility index (Phi) is 8.23. The van der Waals surface area contributed by atoms with Gasteiger partial charge in [0.2, 0.25) is 0 Å². The van der Waals surface area contributed by atoms with E-state index in [-0.39, 0.29) is 21.7 Å². The van der Waals surface area contributed by atoms with Crippen molar-refractivity contribution >= 4 is 33.0 Å². The Morgan fingerprint density at radius 1 is 0.656 bits per heavy atom. The molecule has 0 aliphatic heterocycles. The summed E-state index contributed by atoms with van der Waals surface area (Å²) in [5, 5.41) is 1.56. The lowest BCUT2D eigenvalue weighted by molar-refractivity contribution is 0.554. The number of nitrogens with zero attached hydrogens (tertiary/aromatic N) is 1. The monoisotopic (exact) mass is 469 g/mol. The number of aliphatic imine (C=N–C) groups is 1. The van der Waals surface area contributed by atoms with Gasteiger partial charge in [-0.05, 0) is 58.6 Å². The van der Waals surface area contributed by atoms with Crippen LogP contribution in [-0.4, -0.2) is 5.45 Å². The first kappa shape index (κ1) is 27.2. The second-order valence-electron chi connectivity index (χ2n) is 13.0. The zero-order valence-electron chi connectivity index (χ0n) is 22.5. The molecule has 0 bridgehead atoms. The number of rotatable bonds is 4. The van der Waals surface area contributed by atoms with E-state index in [2.05, 4.69) is 126 Å². The first-order valence-corrected chi connectivity index (χ1v) is 14.8. The smallest absolute Gasteiger partial charge is 0.0633 e. The minimum atomic E-state index is 0.0520. The molecular formula is C29H45NP2. The number of benzene rings is 2. The van der Waals surface area contributed by atoms with Crippen molar-refractivity contribution in [3.63, 3.8) is 0 Å². The first-order valence-electron chi connectivity index (χ1n) is 11.8. The lowest BCUT2D eigenvalue weighted by Gasteiger charge is -2.34. The van der Waals surface area contributed by atoms with Crippen LogP contribution in [-0.2, 0) is 16.2 Å². The average molecular weight is 470 g/mol. The highest BCUT2D eigenvalue weighted by Gasteiger charge is 2.30. The maximum absolute atomic E-state index is 5.12. The molecule has 1 nitrogen and oxygen atoms in total. The predicted molar refractivity (Wildman–Crippen MR) is 152 cm³/mol. The van der Waals surface area contributed by atoms with Crippen molar-refractivity contribution in [2.75, 3.05) is 0 Å². The molecule has 176 valence electrons. The van der Waals surface area contributed by atoms with Crippen molar-refractivity contribution in [2.45, 2.75) is 99.3 Å². The third-order valence-corrected chi connectivity index (χ3v) is 9.48. The fourth-order valence-electron chi connectivity index (χ4n) is 3.53. The highest BCUT2D eigenvalue weighted by Crippen LogP contribution is 2.48. The van der Waals surface area contributed by atoms with Gasteiger partial charge in [-0.2, -0.15) is 0 Å². The highest BCUT2D eigenvalue weighted by molar-refractivity contribution is 8.22.